The molecule has 1 saturated heterocycles. The van der Waals surface area contributed by atoms with Crippen LogP contribution < -0.4 is 5.32 Å². The smallest absolute Gasteiger partial charge is 0.225 e. The third-order valence-electron chi connectivity index (χ3n) is 3.05. The van der Waals surface area contributed by atoms with E-state index in [9.17, 15) is 4.79 Å². The fraction of sp³-hybridized carbons (Fsp3) is 0.917. The maximum Gasteiger partial charge on any atom is 0.225 e. The molecule has 0 saturated carbocycles. The molecule has 0 spiro atoms. The molecule has 0 bridgehead atoms. The van der Waals surface area contributed by atoms with Crippen LogP contribution >= 0.6 is 11.6 Å². The summed E-state index contributed by atoms with van der Waals surface area (Å²) in [5, 5.41) is 2.98. The van der Waals surface area contributed by atoms with Gasteiger partial charge < -0.3 is 10.1 Å². The number of rotatable bonds is 5. The number of alkyl halides is 1. The summed E-state index contributed by atoms with van der Waals surface area (Å²) in [6, 6.07) is 0. The van der Waals surface area contributed by atoms with Gasteiger partial charge in [-0.15, -0.1) is 11.6 Å². The van der Waals surface area contributed by atoms with E-state index in [1.54, 1.807) is 0 Å². The van der Waals surface area contributed by atoms with Crippen molar-refractivity contribution in [3.63, 3.8) is 0 Å². The molecule has 16 heavy (non-hydrogen) atoms. The van der Waals surface area contributed by atoms with Gasteiger partial charge in [0.05, 0.1) is 12.0 Å². The molecule has 2 unspecified atom stereocenters. The summed E-state index contributed by atoms with van der Waals surface area (Å²) in [6.45, 7) is 7.47. The van der Waals surface area contributed by atoms with E-state index in [1.807, 2.05) is 13.8 Å². The number of halogens is 1. The molecule has 0 aromatic heterocycles. The van der Waals surface area contributed by atoms with E-state index < -0.39 is 0 Å². The average molecular weight is 248 g/mol. The molecule has 1 fully saturated rings. The molecular weight excluding hydrogens is 226 g/mol. The van der Waals surface area contributed by atoms with Gasteiger partial charge in [-0.3, -0.25) is 4.79 Å². The molecule has 1 rings (SSSR count). The van der Waals surface area contributed by atoms with Crippen LogP contribution in [0.3, 0.4) is 0 Å². The van der Waals surface area contributed by atoms with Crippen molar-refractivity contribution in [1.82, 2.24) is 5.32 Å². The largest absolute Gasteiger partial charge is 0.377 e. The number of hydrogen-bond donors (Lipinski definition) is 1. The number of carbonyl (C=O) groups is 1. The highest BCUT2D eigenvalue weighted by atomic mass is 35.5. The zero-order valence-corrected chi connectivity index (χ0v) is 11.1. The maximum atomic E-state index is 11.9. The zero-order chi connectivity index (χ0) is 12.2. The van der Waals surface area contributed by atoms with Crippen LogP contribution in [0.15, 0.2) is 0 Å². The summed E-state index contributed by atoms with van der Waals surface area (Å²) < 4.78 is 5.51. The summed E-state index contributed by atoms with van der Waals surface area (Å²) in [5.41, 5.74) is -0.0433. The van der Waals surface area contributed by atoms with E-state index in [1.165, 1.54) is 0 Å². The molecule has 4 heteroatoms. The van der Waals surface area contributed by atoms with Crippen LogP contribution in [-0.2, 0) is 9.53 Å². The fourth-order valence-corrected chi connectivity index (χ4v) is 1.95. The quantitative estimate of drug-likeness (QED) is 0.757. The molecule has 94 valence electrons. The van der Waals surface area contributed by atoms with E-state index in [0.29, 0.717) is 19.0 Å². The number of hydrogen-bond acceptors (Lipinski definition) is 2. The van der Waals surface area contributed by atoms with E-state index in [4.69, 9.17) is 16.3 Å². The fourth-order valence-electron chi connectivity index (χ4n) is 1.86. The highest BCUT2D eigenvalue weighted by Crippen LogP contribution is 2.24. The first kappa shape index (κ1) is 13.8. The molecule has 1 aliphatic rings. The van der Waals surface area contributed by atoms with Gasteiger partial charge in [0, 0.05) is 19.0 Å². The van der Waals surface area contributed by atoms with Crippen LogP contribution in [0, 0.1) is 11.3 Å². The van der Waals surface area contributed by atoms with Crippen LogP contribution in [0.1, 0.15) is 33.6 Å². The minimum Gasteiger partial charge on any atom is -0.377 e. The second-order valence-electron chi connectivity index (χ2n) is 5.23. The van der Waals surface area contributed by atoms with Gasteiger partial charge in [0.15, 0.2) is 0 Å². The summed E-state index contributed by atoms with van der Waals surface area (Å²) in [5.74, 6) is 0.685. The zero-order valence-electron chi connectivity index (χ0n) is 10.4. The molecule has 1 amide bonds. The van der Waals surface area contributed by atoms with Gasteiger partial charge in [-0.1, -0.05) is 20.8 Å². The Morgan fingerprint density at radius 2 is 2.25 bits per heavy atom. The van der Waals surface area contributed by atoms with Crippen molar-refractivity contribution < 1.29 is 9.53 Å². The van der Waals surface area contributed by atoms with Crippen LogP contribution in [0.4, 0.5) is 0 Å². The standard InChI is InChI=1S/C12H22ClNO2/c1-4-10-9(5-6-16-10)11(15)14-8-12(2,3)7-13/h9-10H,4-8H2,1-3H3,(H,14,15). The minimum absolute atomic E-state index is 0.0242. The lowest BCUT2D eigenvalue weighted by Gasteiger charge is -2.24. The number of ether oxygens (including phenoxy) is 1. The molecular formula is C12H22ClNO2. The Morgan fingerprint density at radius 3 is 2.81 bits per heavy atom. The van der Waals surface area contributed by atoms with E-state index >= 15 is 0 Å². The van der Waals surface area contributed by atoms with E-state index in [2.05, 4.69) is 12.2 Å². The van der Waals surface area contributed by atoms with Crippen molar-refractivity contribution in [2.75, 3.05) is 19.0 Å². The van der Waals surface area contributed by atoms with Gasteiger partial charge in [0.25, 0.3) is 0 Å². The third-order valence-corrected chi connectivity index (χ3v) is 3.78. The topological polar surface area (TPSA) is 38.3 Å². The Morgan fingerprint density at radius 1 is 1.56 bits per heavy atom. The Kier molecular flexibility index (Phi) is 5.06. The molecule has 1 heterocycles. The molecule has 2 atom stereocenters. The van der Waals surface area contributed by atoms with Crippen molar-refractivity contribution in [2.45, 2.75) is 39.7 Å². The predicted octanol–water partition coefficient (Wildman–Crippen LogP) is 2.18. The second-order valence-corrected chi connectivity index (χ2v) is 5.50. The second kappa shape index (κ2) is 5.87. The molecule has 0 aliphatic carbocycles. The van der Waals surface area contributed by atoms with Gasteiger partial charge in [-0.05, 0) is 18.3 Å². The lowest BCUT2D eigenvalue weighted by Crippen LogP contribution is -2.40. The first-order valence-electron chi connectivity index (χ1n) is 5.95. The van der Waals surface area contributed by atoms with Crippen molar-refractivity contribution in [2.24, 2.45) is 11.3 Å². The van der Waals surface area contributed by atoms with Crippen molar-refractivity contribution in [3.05, 3.63) is 0 Å². The van der Waals surface area contributed by atoms with E-state index in [-0.39, 0.29) is 23.3 Å². The van der Waals surface area contributed by atoms with Crippen LogP contribution in [0.25, 0.3) is 0 Å². The normalized spacial score (nSPS) is 25.8. The summed E-state index contributed by atoms with van der Waals surface area (Å²) in [7, 11) is 0. The summed E-state index contributed by atoms with van der Waals surface area (Å²) >= 11 is 5.82. The maximum absolute atomic E-state index is 11.9. The minimum atomic E-state index is -0.0433. The van der Waals surface area contributed by atoms with Crippen LogP contribution in [-0.4, -0.2) is 31.0 Å². The van der Waals surface area contributed by atoms with Crippen LogP contribution in [0.5, 0.6) is 0 Å². The van der Waals surface area contributed by atoms with Gasteiger partial charge in [-0.2, -0.15) is 0 Å². The molecule has 0 aromatic carbocycles. The molecule has 3 nitrogen and oxygen atoms in total. The Balaban J connectivity index is 2.40. The Hall–Kier alpha value is -0.280. The van der Waals surface area contributed by atoms with Crippen molar-refractivity contribution in [1.29, 1.82) is 0 Å². The van der Waals surface area contributed by atoms with Gasteiger partial charge in [0.2, 0.25) is 5.91 Å². The van der Waals surface area contributed by atoms with Gasteiger partial charge >= 0.3 is 0 Å². The van der Waals surface area contributed by atoms with Gasteiger partial charge in [-0.25, -0.2) is 0 Å². The molecule has 1 N–H and O–H groups in total. The lowest BCUT2D eigenvalue weighted by atomic mass is 9.94. The SMILES string of the molecule is CCC1OCCC1C(=O)NCC(C)(C)CCl. The summed E-state index contributed by atoms with van der Waals surface area (Å²) in [4.78, 5) is 11.9. The third kappa shape index (κ3) is 3.63. The Bertz CT molecular complexity index is 243. The lowest BCUT2D eigenvalue weighted by molar-refractivity contribution is -0.127. The Labute approximate surface area is 103 Å². The van der Waals surface area contributed by atoms with Crippen LogP contribution in [0.2, 0.25) is 0 Å². The highest BCUT2D eigenvalue weighted by molar-refractivity contribution is 6.18. The molecule has 0 aromatic rings. The summed E-state index contributed by atoms with van der Waals surface area (Å²) in [6.07, 6.45) is 1.84. The van der Waals surface area contributed by atoms with Crippen molar-refractivity contribution in [3.8, 4) is 0 Å². The average Bonchev–Trinajstić information content (AvgIpc) is 2.74. The predicted molar refractivity (Wildman–Crippen MR) is 65.6 cm³/mol. The number of nitrogens with one attached hydrogen (secondary N) is 1. The molecule has 0 radical (unpaired) electrons. The number of carbonyl (C=O) groups excluding carboxylic acids is 1. The molecule has 1 aliphatic heterocycles. The highest BCUT2D eigenvalue weighted by Gasteiger charge is 2.33. The van der Waals surface area contributed by atoms with E-state index in [0.717, 1.165) is 12.8 Å². The van der Waals surface area contributed by atoms with Gasteiger partial charge in [0.1, 0.15) is 0 Å². The monoisotopic (exact) mass is 247 g/mol. The number of amides is 1. The van der Waals surface area contributed by atoms with Crippen molar-refractivity contribution >= 4 is 17.5 Å². The first-order valence-corrected chi connectivity index (χ1v) is 6.49. The first-order chi connectivity index (χ1) is 7.50.